The Morgan fingerprint density at radius 2 is 2.23 bits per heavy atom. The number of aliphatic hydroxyl groups is 1. The van der Waals surface area contributed by atoms with E-state index in [1.54, 1.807) is 17.9 Å². The third kappa shape index (κ3) is 1.58. The van der Waals surface area contributed by atoms with E-state index < -0.39 is 29.3 Å². The minimum absolute atomic E-state index is 0.00560. The average molecular weight is 359 g/mol. The molecule has 26 heavy (non-hydrogen) atoms. The summed E-state index contributed by atoms with van der Waals surface area (Å²) in [5.41, 5.74) is -0.503. The molecular weight excluding hydrogens is 338 g/mol. The van der Waals surface area contributed by atoms with Crippen molar-refractivity contribution in [1.29, 1.82) is 0 Å². The Hall–Kier alpha value is -2.28. The Kier molecular flexibility index (Phi) is 3.01. The first-order valence-corrected chi connectivity index (χ1v) is 9.14. The van der Waals surface area contributed by atoms with Crippen LogP contribution in [0.3, 0.4) is 0 Å². The lowest BCUT2D eigenvalue weighted by Crippen LogP contribution is -2.77. The number of nitrogens with zero attached hydrogens (tertiary/aromatic N) is 1. The zero-order valence-corrected chi connectivity index (χ0v) is 14.5. The van der Waals surface area contributed by atoms with Crippen LogP contribution in [-0.4, -0.2) is 57.9 Å². The Morgan fingerprint density at radius 1 is 1.42 bits per heavy atom. The van der Waals surface area contributed by atoms with Crippen LogP contribution < -0.4 is 4.74 Å². The van der Waals surface area contributed by atoms with E-state index in [-0.39, 0.29) is 31.0 Å². The number of phenols is 1. The van der Waals surface area contributed by atoms with E-state index in [0.29, 0.717) is 25.1 Å². The number of carbonyl (C=O) groups is 2. The van der Waals surface area contributed by atoms with Crippen LogP contribution in [0.2, 0.25) is 0 Å². The molecule has 2 aliphatic heterocycles. The number of hydrogen-bond donors (Lipinski definition) is 2. The van der Waals surface area contributed by atoms with Gasteiger partial charge in [-0.1, -0.05) is 6.07 Å². The summed E-state index contributed by atoms with van der Waals surface area (Å²) in [6, 6.07) is 2.89. The summed E-state index contributed by atoms with van der Waals surface area (Å²) in [5.74, 6) is 0.264. The molecule has 2 N–H and O–H groups in total. The van der Waals surface area contributed by atoms with Gasteiger partial charge in [-0.15, -0.1) is 0 Å². The second-order valence-corrected chi connectivity index (χ2v) is 7.67. The van der Waals surface area contributed by atoms with Gasteiger partial charge in [-0.3, -0.25) is 4.79 Å². The topological polar surface area (TPSA) is 96.3 Å². The van der Waals surface area contributed by atoms with Crippen LogP contribution in [0.15, 0.2) is 12.1 Å². The Bertz CT molecular complexity index is 838. The van der Waals surface area contributed by atoms with Crippen molar-refractivity contribution >= 4 is 11.9 Å². The van der Waals surface area contributed by atoms with Crippen molar-refractivity contribution in [2.75, 3.05) is 13.2 Å². The number of hydrogen-bond acceptors (Lipinski definition) is 6. The molecule has 1 amide bonds. The summed E-state index contributed by atoms with van der Waals surface area (Å²) in [6.45, 7) is 2.40. The summed E-state index contributed by atoms with van der Waals surface area (Å²) in [5, 5.41) is 22.1. The molecule has 7 heteroatoms. The first kappa shape index (κ1) is 15.9. The first-order valence-electron chi connectivity index (χ1n) is 9.14. The minimum atomic E-state index is -1.28. The molecule has 0 radical (unpaired) electrons. The molecule has 1 aromatic rings. The predicted octanol–water partition coefficient (Wildman–Crippen LogP) is 1.27. The number of ether oxygens (including phenoxy) is 2. The highest BCUT2D eigenvalue weighted by molar-refractivity contribution is 5.90. The monoisotopic (exact) mass is 359 g/mol. The number of rotatable bonds is 1. The number of phenolic OH excluding ortho intramolecular Hbond substituents is 1. The van der Waals surface area contributed by atoms with Crippen LogP contribution in [-0.2, 0) is 21.4 Å². The summed E-state index contributed by atoms with van der Waals surface area (Å²) in [7, 11) is 0. The fraction of sp³-hybridized carbons (Fsp3) is 0.579. The van der Waals surface area contributed by atoms with Gasteiger partial charge < -0.3 is 24.6 Å². The van der Waals surface area contributed by atoms with E-state index in [4.69, 9.17) is 9.47 Å². The first-order chi connectivity index (χ1) is 12.4. The van der Waals surface area contributed by atoms with Gasteiger partial charge in [0.05, 0.1) is 23.7 Å². The van der Waals surface area contributed by atoms with Crippen LogP contribution in [0.25, 0.3) is 0 Å². The molecule has 2 unspecified atom stereocenters. The van der Waals surface area contributed by atoms with Crippen molar-refractivity contribution in [3.8, 4) is 11.5 Å². The highest BCUT2D eigenvalue weighted by atomic mass is 16.6. The lowest BCUT2D eigenvalue weighted by Gasteiger charge is -2.61. The standard InChI is InChI=1S/C19H21NO6/c1-2-25-17(23)20-8-7-18-14-10-3-4-11(21)15(14)26-16(18)12(22)5-6-19(18,24)13(20)9-10/h3-4,13,16,21,24H,2,5-9H2,1H3/t13?,16-,18-,19?/m0/s1. The van der Waals surface area contributed by atoms with Gasteiger partial charge >= 0.3 is 6.09 Å². The minimum Gasteiger partial charge on any atom is -0.504 e. The van der Waals surface area contributed by atoms with Crippen molar-refractivity contribution in [3.63, 3.8) is 0 Å². The number of piperidine rings is 1. The zero-order valence-electron chi connectivity index (χ0n) is 14.5. The van der Waals surface area contributed by atoms with E-state index in [0.717, 1.165) is 11.1 Å². The SMILES string of the molecule is CCOC(=O)N1CC[C@]23c4c5ccc(O)c4O[C@H]2C(=O)CCC3(O)C1C5. The molecule has 4 aliphatic rings. The van der Waals surface area contributed by atoms with Gasteiger partial charge in [-0.05, 0) is 37.8 Å². The molecule has 138 valence electrons. The highest BCUT2D eigenvalue weighted by Crippen LogP contribution is 2.64. The molecule has 1 saturated heterocycles. The van der Waals surface area contributed by atoms with Gasteiger partial charge in [0.2, 0.25) is 0 Å². The normalized spacial score (nSPS) is 36.4. The number of Topliss-reactive ketones (excluding diaryl/α,β-unsaturated/α-hetero) is 1. The fourth-order valence-corrected chi connectivity index (χ4v) is 5.75. The molecule has 1 aromatic carbocycles. The van der Waals surface area contributed by atoms with E-state index in [1.165, 1.54) is 0 Å². The molecule has 4 atom stereocenters. The maximum Gasteiger partial charge on any atom is 0.410 e. The van der Waals surface area contributed by atoms with Crippen molar-refractivity contribution in [2.24, 2.45) is 0 Å². The highest BCUT2D eigenvalue weighted by Gasteiger charge is 2.73. The molecule has 2 bridgehead atoms. The third-order valence-electron chi connectivity index (χ3n) is 6.76. The lowest BCUT2D eigenvalue weighted by molar-refractivity contribution is -0.183. The van der Waals surface area contributed by atoms with Gasteiger partial charge in [-0.2, -0.15) is 0 Å². The van der Waals surface area contributed by atoms with Gasteiger partial charge in [-0.25, -0.2) is 4.79 Å². The van der Waals surface area contributed by atoms with Gasteiger partial charge in [0, 0.05) is 18.5 Å². The molecule has 2 aliphatic carbocycles. The summed E-state index contributed by atoms with van der Waals surface area (Å²) in [4.78, 5) is 26.8. The summed E-state index contributed by atoms with van der Waals surface area (Å²) < 4.78 is 11.1. The van der Waals surface area contributed by atoms with Gasteiger partial charge in [0.25, 0.3) is 0 Å². The quantitative estimate of drug-likeness (QED) is 0.784. The Morgan fingerprint density at radius 3 is 3.00 bits per heavy atom. The van der Waals surface area contributed by atoms with E-state index in [9.17, 15) is 19.8 Å². The van der Waals surface area contributed by atoms with E-state index in [2.05, 4.69) is 0 Å². The van der Waals surface area contributed by atoms with Crippen molar-refractivity contribution < 1.29 is 29.3 Å². The number of likely N-dealkylation sites (tertiary alicyclic amines) is 1. The summed E-state index contributed by atoms with van der Waals surface area (Å²) in [6.07, 6.45) is 0.0786. The molecule has 0 aromatic heterocycles. The average Bonchev–Trinajstić information content (AvgIpc) is 2.96. The van der Waals surface area contributed by atoms with Crippen LogP contribution in [0, 0.1) is 0 Å². The smallest absolute Gasteiger partial charge is 0.410 e. The number of benzene rings is 1. The van der Waals surface area contributed by atoms with E-state index in [1.807, 2.05) is 6.07 Å². The molecule has 1 spiro atoms. The van der Waals surface area contributed by atoms with Gasteiger partial charge in [0.15, 0.2) is 23.4 Å². The van der Waals surface area contributed by atoms with Crippen LogP contribution >= 0.6 is 0 Å². The predicted molar refractivity (Wildman–Crippen MR) is 89.2 cm³/mol. The van der Waals surface area contributed by atoms with E-state index >= 15 is 0 Å². The molecule has 1 saturated carbocycles. The van der Waals surface area contributed by atoms with Crippen LogP contribution in [0.1, 0.15) is 37.3 Å². The summed E-state index contributed by atoms with van der Waals surface area (Å²) >= 11 is 0. The zero-order chi connectivity index (χ0) is 18.3. The number of amides is 1. The molecule has 7 nitrogen and oxygen atoms in total. The van der Waals surface area contributed by atoms with Crippen molar-refractivity contribution in [1.82, 2.24) is 4.90 Å². The second kappa shape index (κ2) is 4.91. The number of aromatic hydroxyl groups is 1. The van der Waals surface area contributed by atoms with Crippen molar-refractivity contribution in [3.05, 3.63) is 23.3 Å². The number of ketones is 1. The molecule has 2 fully saturated rings. The van der Waals surface area contributed by atoms with Crippen molar-refractivity contribution in [2.45, 2.75) is 55.8 Å². The maximum absolute atomic E-state index is 12.7. The van der Waals surface area contributed by atoms with Crippen LogP contribution in [0.5, 0.6) is 11.5 Å². The maximum atomic E-state index is 12.7. The third-order valence-corrected chi connectivity index (χ3v) is 6.76. The Labute approximate surface area is 150 Å². The molecular formula is C19H21NO6. The number of carbonyl (C=O) groups excluding carboxylic acids is 2. The van der Waals surface area contributed by atoms with Crippen LogP contribution in [0.4, 0.5) is 4.79 Å². The molecule has 2 heterocycles. The molecule has 5 rings (SSSR count). The lowest BCUT2D eigenvalue weighted by atomic mass is 9.49. The second-order valence-electron chi connectivity index (χ2n) is 7.67. The Balaban J connectivity index is 1.73. The largest absolute Gasteiger partial charge is 0.504 e. The van der Waals surface area contributed by atoms with Gasteiger partial charge in [0.1, 0.15) is 0 Å². The fourth-order valence-electron chi connectivity index (χ4n) is 5.75.